The number of rotatable bonds is 4. The summed E-state index contributed by atoms with van der Waals surface area (Å²) in [5.41, 5.74) is 5.36. The molecule has 2 aromatic carbocycles. The fourth-order valence-electron chi connectivity index (χ4n) is 7.00. The molecule has 4 atom stereocenters. The number of carbonyl (C=O) groups excluding carboxylic acids is 2. The van der Waals surface area contributed by atoms with Crippen molar-refractivity contribution in [2.45, 2.75) is 63.1 Å². The molecular formula is C33H33Br2ClN2O4. The Morgan fingerprint density at radius 3 is 2.45 bits per heavy atom. The number of aromatic nitrogens is 1. The molecule has 1 amide bonds. The summed E-state index contributed by atoms with van der Waals surface area (Å²) in [5, 5.41) is 11.5. The summed E-state index contributed by atoms with van der Waals surface area (Å²) in [7, 11) is 0. The number of ether oxygens (including phenoxy) is 1. The monoisotopic (exact) mass is 714 g/mol. The van der Waals surface area contributed by atoms with Crippen molar-refractivity contribution in [2.75, 3.05) is 13.1 Å². The first-order valence-corrected chi connectivity index (χ1v) is 16.6. The van der Waals surface area contributed by atoms with Crippen LogP contribution >= 0.6 is 43.5 Å². The molecule has 9 heteroatoms. The molecule has 220 valence electrons. The van der Waals surface area contributed by atoms with E-state index in [1.54, 1.807) is 24.3 Å². The molecule has 3 aromatic rings. The highest BCUT2D eigenvalue weighted by atomic mass is 79.9. The van der Waals surface area contributed by atoms with Gasteiger partial charge in [0.25, 0.3) is 0 Å². The van der Waals surface area contributed by atoms with Crippen molar-refractivity contribution in [3.63, 3.8) is 0 Å². The molecule has 3 unspecified atom stereocenters. The number of aryl methyl sites for hydroxylation is 2. The first kappa shape index (κ1) is 29.8. The summed E-state index contributed by atoms with van der Waals surface area (Å²) < 4.78 is 7.60. The fraction of sp³-hybridized carbons (Fsp3) is 0.424. The van der Waals surface area contributed by atoms with Crippen molar-refractivity contribution in [3.05, 3.63) is 96.6 Å². The number of aliphatic hydroxyl groups excluding tert-OH is 1. The average Bonchev–Trinajstić information content (AvgIpc) is 3.15. The van der Waals surface area contributed by atoms with Gasteiger partial charge in [0.15, 0.2) is 0 Å². The number of halogens is 3. The first-order valence-electron chi connectivity index (χ1n) is 14.6. The number of benzene rings is 2. The van der Waals surface area contributed by atoms with E-state index in [1.165, 1.54) is 16.7 Å². The lowest BCUT2D eigenvalue weighted by atomic mass is 9.76. The second-order valence-corrected chi connectivity index (χ2v) is 13.9. The normalized spacial score (nSPS) is 24.3. The Balaban J connectivity index is 1.12. The summed E-state index contributed by atoms with van der Waals surface area (Å²) in [6.45, 7) is 1.34. The molecule has 1 saturated carbocycles. The lowest BCUT2D eigenvalue weighted by Gasteiger charge is -2.40. The molecular weight excluding hydrogens is 684 g/mol. The van der Waals surface area contributed by atoms with E-state index in [0.29, 0.717) is 43.8 Å². The summed E-state index contributed by atoms with van der Waals surface area (Å²) >= 11 is 13.9. The van der Waals surface area contributed by atoms with Gasteiger partial charge in [-0.25, -0.2) is 4.79 Å². The van der Waals surface area contributed by atoms with Gasteiger partial charge >= 0.3 is 5.97 Å². The minimum Gasteiger partial charge on any atom is -0.456 e. The van der Waals surface area contributed by atoms with E-state index in [9.17, 15) is 14.7 Å². The second kappa shape index (κ2) is 12.8. The molecule has 2 aliphatic carbocycles. The molecule has 1 aromatic heterocycles. The summed E-state index contributed by atoms with van der Waals surface area (Å²) in [5.74, 6) is -0.167. The van der Waals surface area contributed by atoms with Crippen molar-refractivity contribution in [3.8, 4) is 0 Å². The van der Waals surface area contributed by atoms with Gasteiger partial charge in [-0.3, -0.25) is 9.78 Å². The largest absolute Gasteiger partial charge is 0.456 e. The Bertz CT molecular complexity index is 1480. The minimum atomic E-state index is -0.855. The lowest BCUT2D eigenvalue weighted by molar-refractivity contribution is -0.141. The molecule has 1 N–H and O–H groups in total. The van der Waals surface area contributed by atoms with Gasteiger partial charge in [-0.2, -0.15) is 0 Å². The SMILES string of the molecule is O=C(OC1CCC(C(=O)N2CCC([C@H]3c4ncc(Br)cc4CCc4cc(Cl)cc(Br)c43)CC2)CC1O)c1ccccc1. The van der Waals surface area contributed by atoms with Crippen molar-refractivity contribution in [1.82, 2.24) is 9.88 Å². The number of likely N-dealkylation sites (tertiary alicyclic amines) is 1. The third-order valence-corrected chi connectivity index (χ3v) is 10.4. The highest BCUT2D eigenvalue weighted by Crippen LogP contribution is 2.46. The molecule has 0 radical (unpaired) electrons. The quantitative estimate of drug-likeness (QED) is 0.291. The Morgan fingerprint density at radius 2 is 1.71 bits per heavy atom. The van der Waals surface area contributed by atoms with Crippen LogP contribution in [-0.2, 0) is 22.4 Å². The predicted octanol–water partition coefficient (Wildman–Crippen LogP) is 7.12. The minimum absolute atomic E-state index is 0.0945. The van der Waals surface area contributed by atoms with Crippen LogP contribution in [0.4, 0.5) is 0 Å². The van der Waals surface area contributed by atoms with Gasteiger partial charge in [-0.05, 0) is 114 Å². The number of hydrogen-bond donors (Lipinski definition) is 1. The van der Waals surface area contributed by atoms with Crippen LogP contribution in [-0.4, -0.2) is 52.2 Å². The van der Waals surface area contributed by atoms with E-state index in [-0.39, 0.29) is 17.7 Å². The van der Waals surface area contributed by atoms with Crippen molar-refractivity contribution in [2.24, 2.45) is 11.8 Å². The fourth-order valence-corrected chi connectivity index (χ4v) is 8.50. The number of esters is 1. The van der Waals surface area contributed by atoms with Crippen molar-refractivity contribution in [1.29, 1.82) is 0 Å². The summed E-state index contributed by atoms with van der Waals surface area (Å²) in [6.07, 6.45) is 5.36. The molecule has 2 fully saturated rings. The van der Waals surface area contributed by atoms with Gasteiger partial charge in [-0.1, -0.05) is 45.7 Å². The molecule has 2 heterocycles. The number of hydrogen-bond acceptors (Lipinski definition) is 5. The predicted molar refractivity (Wildman–Crippen MR) is 169 cm³/mol. The Hall–Kier alpha value is -2.26. The van der Waals surface area contributed by atoms with Crippen LogP contribution in [0.1, 0.15) is 70.8 Å². The molecule has 0 spiro atoms. The van der Waals surface area contributed by atoms with Gasteiger partial charge in [0.2, 0.25) is 5.91 Å². The molecule has 1 saturated heterocycles. The zero-order valence-electron chi connectivity index (χ0n) is 23.1. The maximum absolute atomic E-state index is 13.6. The third kappa shape index (κ3) is 6.19. The first-order chi connectivity index (χ1) is 20.3. The van der Waals surface area contributed by atoms with Gasteiger partial charge in [0.1, 0.15) is 6.10 Å². The summed E-state index contributed by atoms with van der Waals surface area (Å²) in [4.78, 5) is 33.0. The van der Waals surface area contributed by atoms with E-state index >= 15 is 0 Å². The number of amides is 1. The standard InChI is InChI=1S/C33H33Br2ClN2O4/c34-24-14-22-7-6-21-15-25(36)17-26(35)29(21)30(31(22)37-18-24)19-10-12-38(13-11-19)32(40)23-8-9-28(27(39)16-23)42-33(41)20-4-2-1-3-5-20/h1-5,14-15,17-19,23,27-28,30,39H,6-13,16H2/t23?,27?,28?,30-/m1/s1. The number of nitrogens with zero attached hydrogens (tertiary/aromatic N) is 2. The summed E-state index contributed by atoms with van der Waals surface area (Å²) in [6, 6.07) is 15.1. The molecule has 6 nitrogen and oxygen atoms in total. The van der Waals surface area contributed by atoms with Crippen LogP contribution in [0.25, 0.3) is 0 Å². The second-order valence-electron chi connectivity index (χ2n) is 11.7. The number of aliphatic hydroxyl groups is 1. The van der Waals surface area contributed by atoms with Crippen LogP contribution in [0, 0.1) is 11.8 Å². The van der Waals surface area contributed by atoms with E-state index in [4.69, 9.17) is 21.3 Å². The van der Waals surface area contributed by atoms with Gasteiger partial charge in [0, 0.05) is 45.1 Å². The van der Waals surface area contributed by atoms with E-state index in [2.05, 4.69) is 44.0 Å². The van der Waals surface area contributed by atoms with Crippen LogP contribution in [0.3, 0.4) is 0 Å². The van der Waals surface area contributed by atoms with Crippen LogP contribution in [0.2, 0.25) is 5.02 Å². The number of fused-ring (bicyclic) bond motifs is 2. The smallest absolute Gasteiger partial charge is 0.338 e. The van der Waals surface area contributed by atoms with Crippen molar-refractivity contribution >= 4 is 55.3 Å². The van der Waals surface area contributed by atoms with Gasteiger partial charge in [-0.15, -0.1) is 0 Å². The van der Waals surface area contributed by atoms with Gasteiger partial charge in [0.05, 0.1) is 17.4 Å². The Labute approximate surface area is 268 Å². The zero-order valence-corrected chi connectivity index (χ0v) is 27.1. The number of pyridine rings is 1. The molecule has 0 bridgehead atoms. The number of carbonyl (C=O) groups is 2. The van der Waals surface area contributed by atoms with Crippen LogP contribution in [0.5, 0.6) is 0 Å². The van der Waals surface area contributed by atoms with Gasteiger partial charge < -0.3 is 14.7 Å². The maximum atomic E-state index is 13.6. The Kier molecular flexibility index (Phi) is 9.06. The van der Waals surface area contributed by atoms with Crippen molar-refractivity contribution < 1.29 is 19.4 Å². The molecule has 3 aliphatic rings. The van der Waals surface area contributed by atoms with Crippen LogP contribution < -0.4 is 0 Å². The number of piperidine rings is 1. The van der Waals surface area contributed by atoms with E-state index < -0.39 is 18.2 Å². The molecule has 42 heavy (non-hydrogen) atoms. The molecule has 6 rings (SSSR count). The van der Waals surface area contributed by atoms with E-state index in [1.807, 2.05) is 23.2 Å². The average molecular weight is 717 g/mol. The highest BCUT2D eigenvalue weighted by molar-refractivity contribution is 9.10. The van der Waals surface area contributed by atoms with Crippen LogP contribution in [0.15, 0.2) is 63.7 Å². The highest BCUT2D eigenvalue weighted by Gasteiger charge is 2.40. The Morgan fingerprint density at radius 1 is 0.976 bits per heavy atom. The molecule has 1 aliphatic heterocycles. The topological polar surface area (TPSA) is 79.7 Å². The third-order valence-electron chi connectivity index (χ3n) is 9.11. The lowest BCUT2D eigenvalue weighted by Crippen LogP contribution is -2.47. The van der Waals surface area contributed by atoms with E-state index in [0.717, 1.165) is 45.3 Å². The zero-order chi connectivity index (χ0) is 29.4. The maximum Gasteiger partial charge on any atom is 0.338 e.